The van der Waals surface area contributed by atoms with Gasteiger partial charge in [-0.2, -0.15) is 5.26 Å². The van der Waals surface area contributed by atoms with Gasteiger partial charge in [0.05, 0.1) is 34.5 Å². The second-order valence-electron chi connectivity index (χ2n) is 7.63. The number of hydrogen-bond donors (Lipinski definition) is 3. The first-order chi connectivity index (χ1) is 15.0. The van der Waals surface area contributed by atoms with Gasteiger partial charge >= 0.3 is 0 Å². The number of nitrogens with two attached hydrogens (primary N) is 1. The first-order valence-electron chi connectivity index (χ1n) is 9.87. The number of fused-ring (bicyclic) bond motifs is 1. The van der Waals surface area contributed by atoms with Crippen LogP contribution in [0.5, 0.6) is 0 Å². The van der Waals surface area contributed by atoms with E-state index < -0.39 is 18.0 Å². The van der Waals surface area contributed by atoms with Crippen LogP contribution >= 0.6 is 0 Å². The van der Waals surface area contributed by atoms with E-state index in [2.05, 4.69) is 21.0 Å². The summed E-state index contributed by atoms with van der Waals surface area (Å²) in [6.45, 7) is 0.787. The lowest BCUT2D eigenvalue weighted by molar-refractivity contribution is 0.180. The predicted molar refractivity (Wildman–Crippen MR) is 116 cm³/mol. The number of nitrogens with zero attached hydrogens (tertiary/aromatic N) is 4. The summed E-state index contributed by atoms with van der Waals surface area (Å²) in [4.78, 5) is 14.0. The molecule has 0 radical (unpaired) electrons. The second kappa shape index (κ2) is 7.47. The van der Waals surface area contributed by atoms with Gasteiger partial charge in [-0.15, -0.1) is 0 Å². The van der Waals surface area contributed by atoms with E-state index in [1.54, 1.807) is 36.7 Å². The van der Waals surface area contributed by atoms with Crippen LogP contribution < -0.4 is 10.6 Å². The number of anilines is 1. The smallest absolute Gasteiger partial charge is 0.151 e. The Morgan fingerprint density at radius 3 is 2.71 bits per heavy atom. The molecule has 1 aliphatic rings. The largest absolute Gasteiger partial charge is 0.390 e. The SMILES string of the molecule is N#Cc1cccc(-c2cncc(-c3nc4c(F)cccc4[nH]3)c2N2C[C@@H](N)[C@@H](O)C2)c1. The van der Waals surface area contributed by atoms with Crippen LogP contribution in [0.3, 0.4) is 0 Å². The van der Waals surface area contributed by atoms with Crippen molar-refractivity contribution in [2.45, 2.75) is 12.1 Å². The molecule has 2 aromatic heterocycles. The number of benzene rings is 2. The van der Waals surface area contributed by atoms with Crippen LogP contribution in [0, 0.1) is 17.1 Å². The number of β-amino-alcohol motifs (C(OH)–C–C–N with tert-alkyl or cyclic N) is 1. The van der Waals surface area contributed by atoms with Crippen molar-refractivity contribution in [2.24, 2.45) is 5.73 Å². The minimum Gasteiger partial charge on any atom is -0.390 e. The van der Waals surface area contributed by atoms with Crippen molar-refractivity contribution in [3.05, 3.63) is 66.2 Å². The number of aromatic nitrogens is 3. The average Bonchev–Trinajstić information content (AvgIpc) is 3.37. The molecule has 0 spiro atoms. The fourth-order valence-corrected chi connectivity index (χ4v) is 4.05. The van der Waals surface area contributed by atoms with E-state index in [0.29, 0.717) is 35.6 Å². The summed E-state index contributed by atoms with van der Waals surface area (Å²) in [5, 5.41) is 19.6. The number of halogens is 1. The maximum Gasteiger partial charge on any atom is 0.151 e. The first-order valence-corrected chi connectivity index (χ1v) is 9.87. The minimum atomic E-state index is -0.674. The number of rotatable bonds is 3. The highest BCUT2D eigenvalue weighted by molar-refractivity contribution is 5.91. The summed E-state index contributed by atoms with van der Waals surface area (Å²) < 4.78 is 14.3. The highest BCUT2D eigenvalue weighted by atomic mass is 19.1. The number of nitriles is 1. The third-order valence-electron chi connectivity index (χ3n) is 5.59. The molecule has 31 heavy (non-hydrogen) atoms. The number of aliphatic hydroxyl groups is 1. The summed E-state index contributed by atoms with van der Waals surface area (Å²) in [5.41, 5.74) is 10.5. The van der Waals surface area contributed by atoms with Crippen molar-refractivity contribution in [1.29, 1.82) is 5.26 Å². The van der Waals surface area contributed by atoms with Gasteiger partial charge in [-0.05, 0) is 29.8 Å². The topological polar surface area (TPSA) is 115 Å². The molecule has 1 fully saturated rings. The Morgan fingerprint density at radius 2 is 1.97 bits per heavy atom. The molecule has 7 nitrogen and oxygen atoms in total. The lowest BCUT2D eigenvalue weighted by atomic mass is 10.00. The maximum atomic E-state index is 14.3. The van der Waals surface area contributed by atoms with E-state index in [9.17, 15) is 14.8 Å². The highest BCUT2D eigenvalue weighted by Crippen LogP contribution is 2.40. The van der Waals surface area contributed by atoms with E-state index >= 15 is 0 Å². The van der Waals surface area contributed by atoms with Crippen molar-refractivity contribution in [3.63, 3.8) is 0 Å². The Kier molecular flexibility index (Phi) is 4.62. The Labute approximate surface area is 177 Å². The van der Waals surface area contributed by atoms with Crippen LogP contribution in [0.4, 0.5) is 10.1 Å². The van der Waals surface area contributed by atoms with E-state index in [1.807, 2.05) is 17.0 Å². The van der Waals surface area contributed by atoms with E-state index in [4.69, 9.17) is 5.73 Å². The van der Waals surface area contributed by atoms with Gasteiger partial charge in [0.15, 0.2) is 5.82 Å². The number of pyridine rings is 1. The fraction of sp³-hybridized carbons (Fsp3) is 0.174. The molecule has 0 unspecified atom stereocenters. The highest BCUT2D eigenvalue weighted by Gasteiger charge is 2.32. The zero-order valence-corrected chi connectivity index (χ0v) is 16.5. The molecule has 0 aliphatic carbocycles. The zero-order valence-electron chi connectivity index (χ0n) is 16.5. The third kappa shape index (κ3) is 3.30. The van der Waals surface area contributed by atoms with Crippen molar-refractivity contribution >= 4 is 16.7 Å². The molecule has 0 saturated carbocycles. The molecule has 2 atom stereocenters. The number of imidazole rings is 1. The van der Waals surface area contributed by atoms with Crippen molar-refractivity contribution < 1.29 is 9.50 Å². The number of aliphatic hydroxyl groups excluding tert-OH is 1. The first kappa shape index (κ1) is 19.2. The Morgan fingerprint density at radius 1 is 1.16 bits per heavy atom. The summed E-state index contributed by atoms with van der Waals surface area (Å²) in [5.74, 6) is 0.0573. The molecule has 1 saturated heterocycles. The van der Waals surface area contributed by atoms with Gasteiger partial charge in [0, 0.05) is 37.1 Å². The lowest BCUT2D eigenvalue weighted by Crippen LogP contribution is -2.32. The standard InChI is InChI=1S/C23H19FN6O/c24-17-5-2-6-19-21(17)29-23(28-19)16-10-27-9-15(14-4-1-3-13(7-14)8-25)22(16)30-11-18(26)20(31)12-30/h1-7,9-10,18,20,31H,11-12,26H2,(H,28,29)/t18-,20+/m1/s1. The molecule has 4 N–H and O–H groups in total. The van der Waals surface area contributed by atoms with Gasteiger partial charge in [-0.25, -0.2) is 9.37 Å². The molecular weight excluding hydrogens is 395 g/mol. The van der Waals surface area contributed by atoms with E-state index in [0.717, 1.165) is 16.8 Å². The Hall–Kier alpha value is -3.80. The average molecular weight is 414 g/mol. The quantitative estimate of drug-likeness (QED) is 0.475. The van der Waals surface area contributed by atoms with Crippen LogP contribution in [0.2, 0.25) is 0 Å². The van der Waals surface area contributed by atoms with Crippen LogP contribution in [-0.4, -0.2) is 45.3 Å². The molecule has 0 amide bonds. The molecule has 4 aromatic rings. The Balaban J connectivity index is 1.74. The number of para-hydroxylation sites is 1. The van der Waals surface area contributed by atoms with E-state index in [1.165, 1.54) is 6.07 Å². The van der Waals surface area contributed by atoms with Gasteiger partial charge in [0.1, 0.15) is 11.3 Å². The summed E-state index contributed by atoms with van der Waals surface area (Å²) in [6, 6.07) is 13.7. The van der Waals surface area contributed by atoms with Gasteiger partial charge in [0.2, 0.25) is 0 Å². The maximum absolute atomic E-state index is 14.3. The van der Waals surface area contributed by atoms with E-state index in [-0.39, 0.29) is 5.52 Å². The molecule has 1 aliphatic heterocycles. The van der Waals surface area contributed by atoms with Gasteiger partial charge in [-0.3, -0.25) is 4.98 Å². The number of aromatic amines is 1. The summed E-state index contributed by atoms with van der Waals surface area (Å²) in [7, 11) is 0. The third-order valence-corrected chi connectivity index (χ3v) is 5.59. The normalized spacial score (nSPS) is 18.5. The van der Waals surface area contributed by atoms with Gasteiger partial charge in [-0.1, -0.05) is 18.2 Å². The molecule has 154 valence electrons. The van der Waals surface area contributed by atoms with Gasteiger partial charge in [0.25, 0.3) is 0 Å². The number of nitrogens with one attached hydrogen (secondary N) is 1. The molecule has 5 rings (SSSR count). The van der Waals surface area contributed by atoms with Crippen LogP contribution in [0.25, 0.3) is 33.5 Å². The second-order valence-corrected chi connectivity index (χ2v) is 7.63. The van der Waals surface area contributed by atoms with Crippen LogP contribution in [-0.2, 0) is 0 Å². The predicted octanol–water partition coefficient (Wildman–Crippen LogP) is 2.81. The minimum absolute atomic E-state index is 0.249. The Bertz CT molecular complexity index is 1320. The van der Waals surface area contributed by atoms with Crippen LogP contribution in [0.15, 0.2) is 54.9 Å². The lowest BCUT2D eigenvalue weighted by Gasteiger charge is -2.24. The molecule has 0 bridgehead atoms. The molecule has 8 heteroatoms. The van der Waals surface area contributed by atoms with Crippen molar-refractivity contribution in [3.8, 4) is 28.6 Å². The van der Waals surface area contributed by atoms with Crippen molar-refractivity contribution in [2.75, 3.05) is 18.0 Å². The zero-order chi connectivity index (χ0) is 21.5. The fourth-order valence-electron chi connectivity index (χ4n) is 4.05. The molecule has 2 aromatic carbocycles. The number of H-pyrrole nitrogens is 1. The monoisotopic (exact) mass is 414 g/mol. The van der Waals surface area contributed by atoms with Gasteiger partial charge < -0.3 is 20.7 Å². The summed E-state index contributed by atoms with van der Waals surface area (Å²) >= 11 is 0. The summed E-state index contributed by atoms with van der Waals surface area (Å²) in [6.07, 6.45) is 2.71. The van der Waals surface area contributed by atoms with Crippen LogP contribution in [0.1, 0.15) is 5.56 Å². The number of hydrogen-bond acceptors (Lipinski definition) is 6. The molecular formula is C23H19FN6O. The molecule has 3 heterocycles. The van der Waals surface area contributed by atoms with Crippen molar-refractivity contribution in [1.82, 2.24) is 15.0 Å².